The molecule has 0 atom stereocenters. The first-order valence-corrected chi connectivity index (χ1v) is 7.67. The van der Waals surface area contributed by atoms with Crippen molar-refractivity contribution in [3.8, 4) is 11.5 Å². The number of nitrogens with zero attached hydrogens (tertiary/aromatic N) is 2. The van der Waals surface area contributed by atoms with E-state index in [0.29, 0.717) is 22.7 Å². The van der Waals surface area contributed by atoms with Gasteiger partial charge in [-0.1, -0.05) is 0 Å². The highest BCUT2D eigenvalue weighted by Gasteiger charge is 2.12. The molecular formula is C19H11F2N3O2. The Hall–Kier alpha value is -3.61. The van der Waals surface area contributed by atoms with Gasteiger partial charge in [-0.15, -0.1) is 0 Å². The van der Waals surface area contributed by atoms with E-state index < -0.39 is 17.5 Å². The van der Waals surface area contributed by atoms with E-state index in [1.807, 2.05) is 0 Å². The van der Waals surface area contributed by atoms with Gasteiger partial charge in [0.25, 0.3) is 5.91 Å². The second kappa shape index (κ2) is 6.36. The average molecular weight is 351 g/mol. The number of fused-ring (bicyclic) bond motifs is 1. The summed E-state index contributed by atoms with van der Waals surface area (Å²) in [5.41, 5.74) is 2.36. The van der Waals surface area contributed by atoms with Crippen LogP contribution in [0.2, 0.25) is 0 Å². The van der Waals surface area contributed by atoms with Crippen molar-refractivity contribution in [3.63, 3.8) is 0 Å². The number of hydrogen-bond acceptors (Lipinski definition) is 4. The summed E-state index contributed by atoms with van der Waals surface area (Å²) in [4.78, 5) is 20.5. The van der Waals surface area contributed by atoms with Crippen molar-refractivity contribution in [2.24, 2.45) is 0 Å². The number of pyridine rings is 1. The largest absolute Gasteiger partial charge is 0.436 e. The van der Waals surface area contributed by atoms with E-state index in [1.165, 1.54) is 6.07 Å². The summed E-state index contributed by atoms with van der Waals surface area (Å²) in [6.07, 6.45) is 3.27. The summed E-state index contributed by atoms with van der Waals surface area (Å²) < 4.78 is 32.0. The third-order valence-corrected chi connectivity index (χ3v) is 3.76. The molecular weight excluding hydrogens is 340 g/mol. The second-order valence-electron chi connectivity index (χ2n) is 5.52. The highest BCUT2D eigenvalue weighted by atomic mass is 19.2. The molecule has 0 spiro atoms. The molecule has 0 aliphatic rings. The van der Waals surface area contributed by atoms with Gasteiger partial charge >= 0.3 is 0 Å². The van der Waals surface area contributed by atoms with E-state index in [9.17, 15) is 13.6 Å². The number of aromatic nitrogens is 2. The van der Waals surface area contributed by atoms with Crippen LogP contribution in [-0.2, 0) is 0 Å². The number of nitrogens with one attached hydrogen (secondary N) is 1. The van der Waals surface area contributed by atoms with Gasteiger partial charge in [-0.3, -0.25) is 9.78 Å². The van der Waals surface area contributed by atoms with Crippen LogP contribution in [0.3, 0.4) is 0 Å². The molecule has 5 nitrogen and oxygen atoms in total. The molecule has 1 amide bonds. The van der Waals surface area contributed by atoms with Crippen molar-refractivity contribution in [1.29, 1.82) is 0 Å². The zero-order chi connectivity index (χ0) is 18.1. The van der Waals surface area contributed by atoms with E-state index in [1.54, 1.807) is 42.7 Å². The number of amides is 1. The SMILES string of the molecule is O=C(Nc1ccc2nc(-c3ccncc3)oc2c1)c1ccc(F)c(F)c1. The Morgan fingerprint density at radius 1 is 0.962 bits per heavy atom. The van der Waals surface area contributed by atoms with Crippen molar-refractivity contribution in [1.82, 2.24) is 9.97 Å². The van der Waals surface area contributed by atoms with E-state index in [0.717, 1.165) is 17.7 Å². The van der Waals surface area contributed by atoms with Gasteiger partial charge in [-0.2, -0.15) is 0 Å². The summed E-state index contributed by atoms with van der Waals surface area (Å²) in [7, 11) is 0. The topological polar surface area (TPSA) is 68.0 Å². The lowest BCUT2D eigenvalue weighted by Crippen LogP contribution is -2.12. The Labute approximate surface area is 146 Å². The quantitative estimate of drug-likeness (QED) is 0.593. The number of rotatable bonds is 3. The first-order valence-electron chi connectivity index (χ1n) is 7.67. The van der Waals surface area contributed by atoms with Crippen LogP contribution in [0.15, 0.2) is 65.3 Å². The van der Waals surface area contributed by atoms with Gasteiger partial charge in [-0.25, -0.2) is 13.8 Å². The molecule has 2 heterocycles. The lowest BCUT2D eigenvalue weighted by atomic mass is 10.2. The molecule has 0 aliphatic heterocycles. The number of halogens is 2. The predicted molar refractivity (Wildman–Crippen MR) is 91.6 cm³/mol. The lowest BCUT2D eigenvalue weighted by Gasteiger charge is -2.05. The normalized spacial score (nSPS) is 10.8. The van der Waals surface area contributed by atoms with Crippen molar-refractivity contribution in [3.05, 3.63) is 78.1 Å². The minimum Gasteiger partial charge on any atom is -0.436 e. The lowest BCUT2D eigenvalue weighted by molar-refractivity contribution is 0.102. The molecule has 0 radical (unpaired) electrons. The number of carbonyl (C=O) groups is 1. The number of benzene rings is 2. The van der Waals surface area contributed by atoms with E-state index in [4.69, 9.17) is 4.42 Å². The predicted octanol–water partition coefficient (Wildman–Crippen LogP) is 4.42. The third-order valence-electron chi connectivity index (χ3n) is 3.76. The maximum atomic E-state index is 13.3. The summed E-state index contributed by atoms with van der Waals surface area (Å²) >= 11 is 0. The Balaban J connectivity index is 1.61. The second-order valence-corrected chi connectivity index (χ2v) is 5.52. The van der Waals surface area contributed by atoms with Crippen molar-refractivity contribution < 1.29 is 18.0 Å². The van der Waals surface area contributed by atoms with Crippen LogP contribution in [0.5, 0.6) is 0 Å². The Bertz CT molecular complexity index is 1110. The monoisotopic (exact) mass is 351 g/mol. The Morgan fingerprint density at radius 3 is 2.54 bits per heavy atom. The van der Waals surface area contributed by atoms with E-state index >= 15 is 0 Å². The van der Waals surface area contributed by atoms with Crippen molar-refractivity contribution in [2.75, 3.05) is 5.32 Å². The molecule has 0 saturated carbocycles. The third kappa shape index (κ3) is 3.02. The van der Waals surface area contributed by atoms with Crippen LogP contribution in [-0.4, -0.2) is 15.9 Å². The Kier molecular flexibility index (Phi) is 3.89. The highest BCUT2D eigenvalue weighted by molar-refractivity contribution is 6.04. The molecule has 26 heavy (non-hydrogen) atoms. The fourth-order valence-electron chi connectivity index (χ4n) is 2.46. The van der Waals surface area contributed by atoms with E-state index in [-0.39, 0.29) is 5.56 Å². The fraction of sp³-hybridized carbons (Fsp3) is 0. The zero-order valence-corrected chi connectivity index (χ0v) is 13.2. The maximum Gasteiger partial charge on any atom is 0.255 e. The summed E-state index contributed by atoms with van der Waals surface area (Å²) in [6.45, 7) is 0. The molecule has 4 aromatic rings. The molecule has 0 aliphatic carbocycles. The van der Waals surface area contributed by atoms with Gasteiger partial charge in [0, 0.05) is 35.3 Å². The van der Waals surface area contributed by atoms with Crippen molar-refractivity contribution >= 4 is 22.7 Å². The van der Waals surface area contributed by atoms with Crippen LogP contribution in [0.1, 0.15) is 10.4 Å². The molecule has 0 unspecified atom stereocenters. The van der Waals surface area contributed by atoms with Crippen molar-refractivity contribution in [2.45, 2.75) is 0 Å². The fourth-order valence-corrected chi connectivity index (χ4v) is 2.46. The molecule has 128 valence electrons. The highest BCUT2D eigenvalue weighted by Crippen LogP contribution is 2.26. The number of anilines is 1. The molecule has 2 aromatic carbocycles. The number of oxazole rings is 1. The first kappa shape index (κ1) is 15.9. The molecule has 4 rings (SSSR count). The van der Waals surface area contributed by atoms with Gasteiger partial charge < -0.3 is 9.73 Å². The van der Waals surface area contributed by atoms with Crippen LogP contribution < -0.4 is 5.32 Å². The molecule has 2 aromatic heterocycles. The Morgan fingerprint density at radius 2 is 1.77 bits per heavy atom. The van der Waals surface area contributed by atoms with Gasteiger partial charge in [0.15, 0.2) is 17.2 Å². The molecule has 7 heteroatoms. The van der Waals surface area contributed by atoms with Gasteiger partial charge in [0.2, 0.25) is 5.89 Å². The molecule has 0 bridgehead atoms. The molecule has 1 N–H and O–H groups in total. The van der Waals surface area contributed by atoms with Crippen LogP contribution in [0, 0.1) is 11.6 Å². The van der Waals surface area contributed by atoms with Gasteiger partial charge in [0.05, 0.1) is 0 Å². The average Bonchev–Trinajstić information content (AvgIpc) is 3.08. The summed E-state index contributed by atoms with van der Waals surface area (Å²) in [5, 5.41) is 2.62. The first-order chi connectivity index (χ1) is 12.6. The summed E-state index contributed by atoms with van der Waals surface area (Å²) in [5.74, 6) is -2.21. The number of carbonyl (C=O) groups excluding carboxylic acids is 1. The standard InChI is InChI=1S/C19H11F2N3O2/c20-14-3-1-12(9-15(14)21)18(25)23-13-2-4-16-17(10-13)26-19(24-16)11-5-7-22-8-6-11/h1-10H,(H,23,25). The van der Waals surface area contributed by atoms with Gasteiger partial charge in [-0.05, 0) is 42.5 Å². The van der Waals surface area contributed by atoms with Crippen LogP contribution >= 0.6 is 0 Å². The van der Waals surface area contributed by atoms with Crippen LogP contribution in [0.25, 0.3) is 22.6 Å². The minimum atomic E-state index is -1.08. The number of hydrogen-bond donors (Lipinski definition) is 1. The van der Waals surface area contributed by atoms with E-state index in [2.05, 4.69) is 15.3 Å². The van der Waals surface area contributed by atoms with Crippen LogP contribution in [0.4, 0.5) is 14.5 Å². The molecule has 0 fully saturated rings. The maximum absolute atomic E-state index is 13.3. The minimum absolute atomic E-state index is 0.0130. The zero-order valence-electron chi connectivity index (χ0n) is 13.2. The van der Waals surface area contributed by atoms with Gasteiger partial charge in [0.1, 0.15) is 5.52 Å². The summed E-state index contributed by atoms with van der Waals surface area (Å²) in [6, 6.07) is 11.5. The molecule has 0 saturated heterocycles. The smallest absolute Gasteiger partial charge is 0.255 e.